The molecular formula is C20H21NO3. The fourth-order valence-corrected chi connectivity index (χ4v) is 2.63. The quantitative estimate of drug-likeness (QED) is 0.857. The average molecular weight is 323 g/mol. The van der Waals surface area contributed by atoms with Crippen LogP contribution in [0.15, 0.2) is 42.5 Å². The molecule has 0 amide bonds. The van der Waals surface area contributed by atoms with Crippen LogP contribution in [0.3, 0.4) is 0 Å². The Bertz CT molecular complexity index is 757. The monoisotopic (exact) mass is 323 g/mol. The lowest BCUT2D eigenvalue weighted by atomic mass is 9.89. The molecule has 0 radical (unpaired) electrons. The molecule has 2 aromatic carbocycles. The summed E-state index contributed by atoms with van der Waals surface area (Å²) in [6.45, 7) is 4.22. The molecule has 2 aromatic rings. The number of nitriles is 1. The lowest BCUT2D eigenvalue weighted by molar-refractivity contribution is 0.0697. The Hall–Kier alpha value is -2.80. The molecule has 4 nitrogen and oxygen atoms in total. The molecule has 0 aliphatic heterocycles. The van der Waals surface area contributed by atoms with Gasteiger partial charge in [-0.05, 0) is 41.7 Å². The number of aromatic carboxylic acids is 1. The third-order valence-electron chi connectivity index (χ3n) is 4.09. The van der Waals surface area contributed by atoms with Crippen LogP contribution in [0.5, 0.6) is 5.75 Å². The summed E-state index contributed by atoms with van der Waals surface area (Å²) in [5.74, 6) is -0.240. The Morgan fingerprint density at radius 3 is 2.38 bits per heavy atom. The topological polar surface area (TPSA) is 70.3 Å². The van der Waals surface area contributed by atoms with Gasteiger partial charge in [-0.1, -0.05) is 38.1 Å². The molecule has 1 atom stereocenters. The van der Waals surface area contributed by atoms with Gasteiger partial charge in [0.05, 0.1) is 24.7 Å². The maximum atomic E-state index is 10.9. The Morgan fingerprint density at radius 1 is 1.21 bits per heavy atom. The smallest absolute Gasteiger partial charge is 0.335 e. The van der Waals surface area contributed by atoms with Crippen LogP contribution in [0.1, 0.15) is 52.7 Å². The van der Waals surface area contributed by atoms with Gasteiger partial charge in [-0.3, -0.25) is 0 Å². The van der Waals surface area contributed by atoms with E-state index in [1.807, 2.05) is 18.2 Å². The van der Waals surface area contributed by atoms with Crippen LogP contribution in [0.4, 0.5) is 0 Å². The fourth-order valence-electron chi connectivity index (χ4n) is 2.63. The van der Waals surface area contributed by atoms with Crippen molar-refractivity contribution in [3.05, 3.63) is 64.7 Å². The molecule has 24 heavy (non-hydrogen) atoms. The van der Waals surface area contributed by atoms with Gasteiger partial charge in [0.15, 0.2) is 0 Å². The maximum Gasteiger partial charge on any atom is 0.335 e. The van der Waals surface area contributed by atoms with E-state index in [9.17, 15) is 10.1 Å². The van der Waals surface area contributed by atoms with Crippen LogP contribution in [0.2, 0.25) is 0 Å². The number of nitrogens with zero attached hydrogens (tertiary/aromatic N) is 1. The van der Waals surface area contributed by atoms with Crippen molar-refractivity contribution < 1.29 is 14.6 Å². The van der Waals surface area contributed by atoms with E-state index in [0.717, 1.165) is 16.7 Å². The highest BCUT2D eigenvalue weighted by molar-refractivity contribution is 5.87. The summed E-state index contributed by atoms with van der Waals surface area (Å²) in [5.41, 5.74) is 3.19. The van der Waals surface area contributed by atoms with Crippen LogP contribution in [0, 0.1) is 11.3 Å². The van der Waals surface area contributed by atoms with Crippen molar-refractivity contribution in [3.63, 3.8) is 0 Å². The van der Waals surface area contributed by atoms with Crippen LogP contribution >= 0.6 is 0 Å². The lowest BCUT2D eigenvalue weighted by Gasteiger charge is -2.17. The van der Waals surface area contributed by atoms with Gasteiger partial charge in [-0.2, -0.15) is 5.26 Å². The summed E-state index contributed by atoms with van der Waals surface area (Å²) in [7, 11) is 1.60. The number of benzene rings is 2. The zero-order valence-electron chi connectivity index (χ0n) is 14.1. The van der Waals surface area contributed by atoms with E-state index in [4.69, 9.17) is 9.84 Å². The predicted molar refractivity (Wildman–Crippen MR) is 92.5 cm³/mol. The van der Waals surface area contributed by atoms with Crippen molar-refractivity contribution in [3.8, 4) is 11.8 Å². The zero-order chi connectivity index (χ0) is 17.7. The van der Waals surface area contributed by atoms with Crippen LogP contribution < -0.4 is 4.74 Å². The Balaban J connectivity index is 2.32. The summed E-state index contributed by atoms with van der Waals surface area (Å²) in [6.07, 6.45) is 0.508. The summed E-state index contributed by atoms with van der Waals surface area (Å²) < 4.78 is 5.42. The van der Waals surface area contributed by atoms with E-state index in [0.29, 0.717) is 18.1 Å². The third-order valence-corrected chi connectivity index (χ3v) is 4.09. The lowest BCUT2D eigenvalue weighted by Crippen LogP contribution is -2.05. The molecule has 0 saturated carbocycles. The van der Waals surface area contributed by atoms with Gasteiger partial charge in [-0.15, -0.1) is 0 Å². The molecule has 1 unspecified atom stereocenters. The number of ether oxygens (including phenoxy) is 1. The molecule has 0 heterocycles. The standard InChI is InChI=1S/C20H21NO3/c1-13(2)16-8-9-19(24-3)18(11-16)17(12-21)10-14-4-6-15(7-5-14)20(22)23/h4-9,11,13,17H,10H2,1-3H3,(H,22,23). The number of hydrogen-bond donors (Lipinski definition) is 1. The molecule has 0 fully saturated rings. The number of rotatable bonds is 6. The number of carboxylic acids is 1. The van der Waals surface area contributed by atoms with Crippen molar-refractivity contribution in [1.29, 1.82) is 5.26 Å². The second kappa shape index (κ2) is 7.65. The first-order chi connectivity index (χ1) is 11.5. The highest BCUT2D eigenvalue weighted by atomic mass is 16.5. The number of carboxylic acid groups (broad SMARTS) is 1. The van der Waals surface area contributed by atoms with Gasteiger partial charge >= 0.3 is 5.97 Å². The Labute approximate surface area is 142 Å². The van der Waals surface area contributed by atoms with Gasteiger partial charge in [0, 0.05) is 5.56 Å². The first kappa shape index (κ1) is 17.6. The van der Waals surface area contributed by atoms with E-state index in [-0.39, 0.29) is 11.5 Å². The second-order valence-electron chi connectivity index (χ2n) is 6.04. The van der Waals surface area contributed by atoms with Crippen molar-refractivity contribution in [2.24, 2.45) is 0 Å². The molecule has 0 aliphatic rings. The molecule has 4 heteroatoms. The fraction of sp³-hybridized carbons (Fsp3) is 0.300. The van der Waals surface area contributed by atoms with Crippen molar-refractivity contribution in [2.45, 2.75) is 32.1 Å². The zero-order valence-corrected chi connectivity index (χ0v) is 14.1. The minimum Gasteiger partial charge on any atom is -0.496 e. The number of methoxy groups -OCH3 is 1. The summed E-state index contributed by atoms with van der Waals surface area (Å²) in [6, 6.07) is 14.9. The highest BCUT2D eigenvalue weighted by Gasteiger charge is 2.18. The van der Waals surface area contributed by atoms with Crippen molar-refractivity contribution in [2.75, 3.05) is 7.11 Å². The molecule has 0 spiro atoms. The summed E-state index contributed by atoms with van der Waals surface area (Å²) in [4.78, 5) is 10.9. The maximum absolute atomic E-state index is 10.9. The average Bonchev–Trinajstić information content (AvgIpc) is 2.59. The van der Waals surface area contributed by atoms with Crippen LogP contribution in [-0.2, 0) is 6.42 Å². The van der Waals surface area contributed by atoms with Crippen LogP contribution in [0.25, 0.3) is 0 Å². The molecule has 0 bridgehead atoms. The molecule has 0 aromatic heterocycles. The van der Waals surface area contributed by atoms with Crippen LogP contribution in [-0.4, -0.2) is 18.2 Å². The normalized spacial score (nSPS) is 11.8. The molecule has 0 saturated heterocycles. The van der Waals surface area contributed by atoms with E-state index in [2.05, 4.69) is 19.9 Å². The minimum atomic E-state index is -0.954. The SMILES string of the molecule is COc1ccc(C(C)C)cc1C(C#N)Cc1ccc(C(=O)O)cc1. The van der Waals surface area contributed by atoms with Gasteiger partial charge in [-0.25, -0.2) is 4.79 Å². The largest absolute Gasteiger partial charge is 0.496 e. The van der Waals surface area contributed by atoms with E-state index < -0.39 is 5.97 Å². The molecule has 124 valence electrons. The summed E-state index contributed by atoms with van der Waals surface area (Å²) in [5, 5.41) is 18.6. The molecule has 0 aliphatic carbocycles. The highest BCUT2D eigenvalue weighted by Crippen LogP contribution is 2.32. The van der Waals surface area contributed by atoms with Gasteiger partial charge in [0.2, 0.25) is 0 Å². The Kier molecular flexibility index (Phi) is 5.59. The van der Waals surface area contributed by atoms with E-state index in [1.165, 1.54) is 0 Å². The Morgan fingerprint density at radius 2 is 1.88 bits per heavy atom. The summed E-state index contributed by atoms with van der Waals surface area (Å²) >= 11 is 0. The first-order valence-corrected chi connectivity index (χ1v) is 7.86. The number of hydrogen-bond acceptors (Lipinski definition) is 3. The third kappa shape index (κ3) is 3.94. The minimum absolute atomic E-state index is 0.242. The van der Waals surface area contributed by atoms with E-state index in [1.54, 1.807) is 31.4 Å². The van der Waals surface area contributed by atoms with Crippen molar-refractivity contribution >= 4 is 5.97 Å². The van der Waals surface area contributed by atoms with Gasteiger partial charge in [0.25, 0.3) is 0 Å². The number of carbonyl (C=O) groups is 1. The molecular weight excluding hydrogens is 302 g/mol. The van der Waals surface area contributed by atoms with Gasteiger partial charge < -0.3 is 9.84 Å². The first-order valence-electron chi connectivity index (χ1n) is 7.86. The second-order valence-corrected chi connectivity index (χ2v) is 6.04. The molecule has 2 rings (SSSR count). The van der Waals surface area contributed by atoms with E-state index >= 15 is 0 Å². The predicted octanol–water partition coefficient (Wildman–Crippen LogP) is 4.37. The van der Waals surface area contributed by atoms with Gasteiger partial charge in [0.1, 0.15) is 5.75 Å². The van der Waals surface area contributed by atoms with Crippen molar-refractivity contribution in [1.82, 2.24) is 0 Å². The molecule has 1 N–H and O–H groups in total.